The van der Waals surface area contributed by atoms with Gasteiger partial charge in [0.25, 0.3) is 0 Å². The lowest BCUT2D eigenvalue weighted by molar-refractivity contribution is 1.34. The standard InChI is InChI=1S/C10H4Cl2N2O/c11-6-2-1-3-7-8(6)9(15)5(4-13)10(12)14-7/h1-3H,(H,14,15). The van der Waals surface area contributed by atoms with E-state index >= 15 is 0 Å². The first-order chi connectivity index (χ1) is 7.15. The van der Waals surface area contributed by atoms with E-state index in [4.69, 9.17) is 28.5 Å². The molecule has 0 saturated heterocycles. The number of halogens is 2. The summed E-state index contributed by atoms with van der Waals surface area (Å²) in [4.78, 5) is 14.5. The van der Waals surface area contributed by atoms with E-state index in [2.05, 4.69) is 4.98 Å². The molecule has 1 heterocycles. The van der Waals surface area contributed by atoms with E-state index in [-0.39, 0.29) is 10.7 Å². The highest BCUT2D eigenvalue weighted by molar-refractivity contribution is 6.36. The Hall–Kier alpha value is -1.50. The minimum absolute atomic E-state index is 0.0391. The van der Waals surface area contributed by atoms with Crippen molar-refractivity contribution in [2.75, 3.05) is 0 Å². The number of rotatable bonds is 0. The Kier molecular flexibility index (Phi) is 2.39. The number of nitriles is 1. The summed E-state index contributed by atoms with van der Waals surface area (Å²) in [7, 11) is 0. The van der Waals surface area contributed by atoms with E-state index in [1.165, 1.54) is 0 Å². The van der Waals surface area contributed by atoms with Crippen LogP contribution in [0.4, 0.5) is 0 Å². The Balaban J connectivity index is 3.08. The zero-order valence-corrected chi connectivity index (χ0v) is 8.86. The highest BCUT2D eigenvalue weighted by atomic mass is 35.5. The average Bonchev–Trinajstić information content (AvgIpc) is 2.17. The molecule has 15 heavy (non-hydrogen) atoms. The Morgan fingerprint density at radius 1 is 1.33 bits per heavy atom. The highest BCUT2D eigenvalue weighted by Crippen LogP contribution is 2.21. The van der Waals surface area contributed by atoms with Crippen LogP contribution in [0.25, 0.3) is 10.9 Å². The molecule has 0 atom stereocenters. The van der Waals surface area contributed by atoms with Gasteiger partial charge in [0.2, 0.25) is 5.43 Å². The van der Waals surface area contributed by atoms with Crippen LogP contribution in [0.1, 0.15) is 5.56 Å². The molecule has 0 aliphatic rings. The summed E-state index contributed by atoms with van der Waals surface area (Å²) in [5.74, 6) is 0. The van der Waals surface area contributed by atoms with Gasteiger partial charge in [0, 0.05) is 0 Å². The molecular weight excluding hydrogens is 235 g/mol. The van der Waals surface area contributed by atoms with Gasteiger partial charge in [-0.2, -0.15) is 5.26 Å². The minimum atomic E-state index is -0.443. The Morgan fingerprint density at radius 2 is 2.07 bits per heavy atom. The van der Waals surface area contributed by atoms with E-state index in [0.717, 1.165) is 0 Å². The molecule has 74 valence electrons. The molecule has 1 N–H and O–H groups in total. The van der Waals surface area contributed by atoms with Gasteiger partial charge in [-0.3, -0.25) is 4.79 Å². The number of hydrogen-bond donors (Lipinski definition) is 1. The second kappa shape index (κ2) is 3.58. The first kappa shape index (κ1) is 10.0. The van der Waals surface area contributed by atoms with Crippen molar-refractivity contribution in [2.45, 2.75) is 0 Å². The molecule has 2 rings (SSSR count). The number of aromatic amines is 1. The number of H-pyrrole nitrogens is 1. The second-order valence-corrected chi connectivity index (χ2v) is 3.70. The molecular formula is C10H4Cl2N2O. The van der Waals surface area contributed by atoms with Gasteiger partial charge >= 0.3 is 0 Å². The van der Waals surface area contributed by atoms with E-state index < -0.39 is 5.43 Å². The maximum atomic E-state index is 11.8. The Labute approximate surface area is 94.9 Å². The maximum absolute atomic E-state index is 11.8. The first-order valence-electron chi connectivity index (χ1n) is 4.05. The van der Waals surface area contributed by atoms with Gasteiger partial charge in [-0.15, -0.1) is 0 Å². The molecule has 0 aliphatic heterocycles. The number of pyridine rings is 1. The van der Waals surface area contributed by atoms with Crippen molar-refractivity contribution in [1.29, 1.82) is 5.26 Å². The lowest BCUT2D eigenvalue weighted by atomic mass is 10.1. The topological polar surface area (TPSA) is 56.6 Å². The molecule has 0 fully saturated rings. The quantitative estimate of drug-likeness (QED) is 0.718. The minimum Gasteiger partial charge on any atom is -0.344 e. The van der Waals surface area contributed by atoms with Gasteiger partial charge in [0.15, 0.2) is 0 Å². The summed E-state index contributed by atoms with van der Waals surface area (Å²) in [5.41, 5.74) is -0.0318. The van der Waals surface area contributed by atoms with Crippen LogP contribution in [0.3, 0.4) is 0 Å². The van der Waals surface area contributed by atoms with Gasteiger partial charge in [-0.05, 0) is 12.1 Å². The molecule has 0 bridgehead atoms. The van der Waals surface area contributed by atoms with E-state index in [1.54, 1.807) is 24.3 Å². The molecule has 0 aliphatic carbocycles. The van der Waals surface area contributed by atoms with Crippen molar-refractivity contribution in [2.24, 2.45) is 0 Å². The van der Waals surface area contributed by atoms with Crippen LogP contribution >= 0.6 is 23.2 Å². The van der Waals surface area contributed by atoms with Crippen LogP contribution in [0.2, 0.25) is 10.2 Å². The van der Waals surface area contributed by atoms with Gasteiger partial charge in [0.05, 0.1) is 15.9 Å². The third-order valence-corrected chi connectivity index (χ3v) is 2.64. The number of nitrogens with one attached hydrogen (secondary N) is 1. The predicted octanol–water partition coefficient (Wildman–Crippen LogP) is 2.71. The third-order valence-electron chi connectivity index (χ3n) is 2.04. The fraction of sp³-hybridized carbons (Fsp3) is 0. The summed E-state index contributed by atoms with van der Waals surface area (Å²) in [6.07, 6.45) is 0. The largest absolute Gasteiger partial charge is 0.344 e. The van der Waals surface area contributed by atoms with Crippen molar-refractivity contribution >= 4 is 34.1 Å². The smallest absolute Gasteiger partial charge is 0.210 e. The van der Waals surface area contributed by atoms with Gasteiger partial charge in [-0.25, -0.2) is 0 Å². The Morgan fingerprint density at radius 3 is 2.73 bits per heavy atom. The summed E-state index contributed by atoms with van der Waals surface area (Å²) in [5, 5.41) is 9.39. The van der Waals surface area contributed by atoms with Crippen LogP contribution in [-0.4, -0.2) is 4.98 Å². The fourth-order valence-corrected chi connectivity index (χ4v) is 1.85. The SMILES string of the molecule is N#Cc1c(Cl)[nH]c2cccc(Cl)c2c1=O. The van der Waals surface area contributed by atoms with Crippen molar-refractivity contribution in [3.63, 3.8) is 0 Å². The van der Waals surface area contributed by atoms with Crippen LogP contribution in [0.15, 0.2) is 23.0 Å². The molecule has 0 amide bonds. The molecule has 0 unspecified atom stereocenters. The highest BCUT2D eigenvalue weighted by Gasteiger charge is 2.11. The normalized spacial score (nSPS) is 10.2. The maximum Gasteiger partial charge on any atom is 0.210 e. The molecule has 1 aromatic carbocycles. The van der Waals surface area contributed by atoms with Crippen LogP contribution in [0, 0.1) is 11.3 Å². The zero-order valence-electron chi connectivity index (χ0n) is 7.34. The molecule has 2 aromatic rings. The summed E-state index contributed by atoms with van der Waals surface area (Å²) in [6.45, 7) is 0. The van der Waals surface area contributed by atoms with E-state index in [1.807, 2.05) is 0 Å². The lowest BCUT2D eigenvalue weighted by Crippen LogP contribution is -2.09. The van der Waals surface area contributed by atoms with Crippen molar-refractivity contribution in [3.8, 4) is 6.07 Å². The summed E-state index contributed by atoms with van der Waals surface area (Å²) in [6, 6.07) is 6.71. The van der Waals surface area contributed by atoms with Crippen LogP contribution in [-0.2, 0) is 0 Å². The van der Waals surface area contributed by atoms with E-state index in [9.17, 15) is 4.79 Å². The number of hydrogen-bond acceptors (Lipinski definition) is 2. The molecule has 0 saturated carbocycles. The molecule has 5 heteroatoms. The zero-order chi connectivity index (χ0) is 11.0. The number of fused-ring (bicyclic) bond motifs is 1. The molecule has 1 aromatic heterocycles. The van der Waals surface area contributed by atoms with Crippen molar-refractivity contribution in [1.82, 2.24) is 4.98 Å². The first-order valence-corrected chi connectivity index (χ1v) is 4.81. The van der Waals surface area contributed by atoms with Crippen LogP contribution < -0.4 is 5.43 Å². The number of nitrogens with zero attached hydrogens (tertiary/aromatic N) is 1. The average molecular weight is 239 g/mol. The fourth-order valence-electron chi connectivity index (χ4n) is 1.36. The Bertz CT molecular complexity index is 640. The summed E-state index contributed by atoms with van der Waals surface area (Å²) < 4.78 is 0. The van der Waals surface area contributed by atoms with E-state index in [0.29, 0.717) is 15.9 Å². The van der Waals surface area contributed by atoms with Gasteiger partial charge in [-0.1, -0.05) is 29.3 Å². The second-order valence-electron chi connectivity index (χ2n) is 2.92. The summed E-state index contributed by atoms with van der Waals surface area (Å²) >= 11 is 11.6. The number of aromatic nitrogens is 1. The molecule has 0 spiro atoms. The van der Waals surface area contributed by atoms with Gasteiger partial charge < -0.3 is 4.98 Å². The van der Waals surface area contributed by atoms with Crippen molar-refractivity contribution in [3.05, 3.63) is 44.2 Å². The lowest BCUT2D eigenvalue weighted by Gasteiger charge is -2.01. The predicted molar refractivity (Wildman–Crippen MR) is 59.3 cm³/mol. The molecule has 3 nitrogen and oxygen atoms in total. The van der Waals surface area contributed by atoms with Crippen molar-refractivity contribution < 1.29 is 0 Å². The third kappa shape index (κ3) is 1.48. The number of benzene rings is 1. The molecule has 0 radical (unpaired) electrons. The monoisotopic (exact) mass is 238 g/mol. The van der Waals surface area contributed by atoms with Crippen LogP contribution in [0.5, 0.6) is 0 Å². The van der Waals surface area contributed by atoms with Gasteiger partial charge in [0.1, 0.15) is 16.8 Å².